The highest BCUT2D eigenvalue weighted by Gasteiger charge is 2.15. The summed E-state index contributed by atoms with van der Waals surface area (Å²) in [6.45, 7) is 2.03. The van der Waals surface area contributed by atoms with Crippen molar-refractivity contribution in [3.63, 3.8) is 0 Å². The van der Waals surface area contributed by atoms with Gasteiger partial charge in [-0.15, -0.1) is 0 Å². The van der Waals surface area contributed by atoms with Crippen molar-refractivity contribution in [1.82, 2.24) is 9.97 Å². The molecule has 1 aromatic heterocycles. The van der Waals surface area contributed by atoms with Gasteiger partial charge < -0.3 is 15.2 Å². The van der Waals surface area contributed by atoms with Crippen molar-refractivity contribution in [3.8, 4) is 22.8 Å². The average Bonchev–Trinajstić information content (AvgIpc) is 2.57. The summed E-state index contributed by atoms with van der Waals surface area (Å²) >= 11 is 7.16. The van der Waals surface area contributed by atoms with Gasteiger partial charge in [-0.1, -0.05) is 31.9 Å². The first-order valence-electron chi connectivity index (χ1n) is 7.10. The van der Waals surface area contributed by atoms with E-state index in [1.165, 1.54) is 0 Å². The minimum absolute atomic E-state index is 0.206. The van der Waals surface area contributed by atoms with Crippen LogP contribution in [-0.2, 0) is 0 Å². The zero-order valence-electron chi connectivity index (χ0n) is 13.4. The molecule has 0 radical (unpaired) electrons. The SMILES string of the molecule is COc1cc2nc(N)nc(-c3cc(Br)c(C)c(Br)c3)c2cc1OC. The number of hydrogen-bond donors (Lipinski definition) is 1. The number of halogens is 2. The summed E-state index contributed by atoms with van der Waals surface area (Å²) in [6, 6.07) is 7.69. The number of hydrogen-bond acceptors (Lipinski definition) is 5. The summed E-state index contributed by atoms with van der Waals surface area (Å²) in [5.74, 6) is 1.42. The molecule has 0 saturated carbocycles. The quantitative estimate of drug-likeness (QED) is 0.621. The number of nitrogen functional groups attached to an aromatic ring is 1. The van der Waals surface area contributed by atoms with Gasteiger partial charge in [-0.05, 0) is 30.7 Å². The van der Waals surface area contributed by atoms with Crippen molar-refractivity contribution < 1.29 is 9.47 Å². The van der Waals surface area contributed by atoms with E-state index in [-0.39, 0.29) is 5.95 Å². The lowest BCUT2D eigenvalue weighted by Gasteiger charge is -2.13. The summed E-state index contributed by atoms with van der Waals surface area (Å²) in [5, 5.41) is 0.838. The molecule has 0 bridgehead atoms. The van der Waals surface area contributed by atoms with E-state index in [2.05, 4.69) is 41.8 Å². The van der Waals surface area contributed by atoms with E-state index in [1.807, 2.05) is 25.1 Å². The Bertz CT molecular complexity index is 922. The van der Waals surface area contributed by atoms with E-state index in [0.717, 1.165) is 31.2 Å². The molecule has 7 heteroatoms. The zero-order valence-corrected chi connectivity index (χ0v) is 16.5. The van der Waals surface area contributed by atoms with Gasteiger partial charge in [0.1, 0.15) is 0 Å². The molecule has 0 spiro atoms. The highest BCUT2D eigenvalue weighted by atomic mass is 79.9. The van der Waals surface area contributed by atoms with E-state index in [1.54, 1.807) is 20.3 Å². The molecule has 3 aromatic rings. The minimum atomic E-state index is 0.206. The van der Waals surface area contributed by atoms with Crippen LogP contribution in [0.25, 0.3) is 22.2 Å². The number of nitrogens with two attached hydrogens (primary N) is 1. The molecular formula is C17H15Br2N3O2. The molecule has 0 aliphatic heterocycles. The van der Waals surface area contributed by atoms with Crippen molar-refractivity contribution in [3.05, 3.63) is 38.8 Å². The van der Waals surface area contributed by atoms with Crippen LogP contribution in [-0.4, -0.2) is 24.2 Å². The van der Waals surface area contributed by atoms with Crippen LogP contribution in [0.1, 0.15) is 5.56 Å². The lowest BCUT2D eigenvalue weighted by molar-refractivity contribution is 0.356. The third kappa shape index (κ3) is 2.93. The maximum absolute atomic E-state index is 5.91. The van der Waals surface area contributed by atoms with Gasteiger partial charge in [0.15, 0.2) is 11.5 Å². The highest BCUT2D eigenvalue weighted by molar-refractivity contribution is 9.11. The fourth-order valence-electron chi connectivity index (χ4n) is 2.48. The molecule has 0 fully saturated rings. The van der Waals surface area contributed by atoms with Gasteiger partial charge in [-0.2, -0.15) is 0 Å². The predicted molar refractivity (Wildman–Crippen MR) is 103 cm³/mol. The first-order valence-corrected chi connectivity index (χ1v) is 8.68. The number of aromatic nitrogens is 2. The van der Waals surface area contributed by atoms with Crippen LogP contribution in [0, 0.1) is 6.92 Å². The van der Waals surface area contributed by atoms with E-state index >= 15 is 0 Å². The lowest BCUT2D eigenvalue weighted by Crippen LogP contribution is -2.00. The van der Waals surface area contributed by atoms with Gasteiger partial charge in [0.2, 0.25) is 5.95 Å². The normalized spacial score (nSPS) is 10.9. The number of rotatable bonds is 3. The van der Waals surface area contributed by atoms with Crippen LogP contribution in [0.3, 0.4) is 0 Å². The second kappa shape index (κ2) is 6.57. The largest absolute Gasteiger partial charge is 0.493 e. The van der Waals surface area contributed by atoms with Crippen LogP contribution in [0.4, 0.5) is 5.95 Å². The Balaban J connectivity index is 2.35. The van der Waals surface area contributed by atoms with Crippen molar-refractivity contribution in [2.24, 2.45) is 0 Å². The van der Waals surface area contributed by atoms with Gasteiger partial charge in [0.25, 0.3) is 0 Å². The maximum Gasteiger partial charge on any atom is 0.221 e. The third-order valence-electron chi connectivity index (χ3n) is 3.77. The number of anilines is 1. The summed E-state index contributed by atoms with van der Waals surface area (Å²) in [5.41, 5.74) is 9.38. The first-order chi connectivity index (χ1) is 11.4. The van der Waals surface area contributed by atoms with Gasteiger partial charge in [0, 0.05) is 26.0 Å². The molecule has 3 rings (SSSR count). The summed E-state index contributed by atoms with van der Waals surface area (Å²) in [7, 11) is 3.18. The molecular weight excluding hydrogens is 438 g/mol. The minimum Gasteiger partial charge on any atom is -0.493 e. The monoisotopic (exact) mass is 451 g/mol. The second-order valence-electron chi connectivity index (χ2n) is 5.22. The third-order valence-corrected chi connectivity index (χ3v) is 5.42. The van der Waals surface area contributed by atoms with Gasteiger partial charge in [0.05, 0.1) is 25.4 Å². The Labute approximate surface area is 156 Å². The van der Waals surface area contributed by atoms with Gasteiger partial charge in [-0.3, -0.25) is 0 Å². The van der Waals surface area contributed by atoms with Crippen LogP contribution in [0.2, 0.25) is 0 Å². The standard InChI is InChI=1S/C17H15Br2N3O2/c1-8-11(18)4-9(5-12(8)19)16-10-6-14(23-2)15(24-3)7-13(10)21-17(20)22-16/h4-7H,1-3H3,(H2,20,21,22). The van der Waals surface area contributed by atoms with Gasteiger partial charge >= 0.3 is 0 Å². The van der Waals surface area contributed by atoms with Crippen LogP contribution in [0.5, 0.6) is 11.5 Å². The number of fused-ring (bicyclic) bond motifs is 1. The second-order valence-corrected chi connectivity index (χ2v) is 6.93. The number of methoxy groups -OCH3 is 2. The topological polar surface area (TPSA) is 70.3 Å². The lowest BCUT2D eigenvalue weighted by atomic mass is 10.0. The van der Waals surface area contributed by atoms with E-state index in [9.17, 15) is 0 Å². The molecule has 2 aromatic carbocycles. The molecule has 0 saturated heterocycles. The molecule has 1 heterocycles. The van der Waals surface area contributed by atoms with Crippen molar-refractivity contribution in [2.75, 3.05) is 20.0 Å². The Morgan fingerprint density at radius 3 is 2.08 bits per heavy atom. The number of benzene rings is 2. The van der Waals surface area contributed by atoms with E-state index < -0.39 is 0 Å². The Hall–Kier alpha value is -1.86. The average molecular weight is 453 g/mol. The Morgan fingerprint density at radius 2 is 1.50 bits per heavy atom. The van der Waals surface area contributed by atoms with E-state index in [4.69, 9.17) is 15.2 Å². The summed E-state index contributed by atoms with van der Waals surface area (Å²) < 4.78 is 12.7. The molecule has 0 unspecified atom stereocenters. The first kappa shape index (κ1) is 17.0. The van der Waals surface area contributed by atoms with Gasteiger partial charge in [-0.25, -0.2) is 9.97 Å². The molecule has 0 atom stereocenters. The summed E-state index contributed by atoms with van der Waals surface area (Å²) in [6.07, 6.45) is 0. The van der Waals surface area contributed by atoms with Crippen molar-refractivity contribution in [2.45, 2.75) is 6.92 Å². The van der Waals surface area contributed by atoms with Crippen LogP contribution in [0.15, 0.2) is 33.2 Å². The highest BCUT2D eigenvalue weighted by Crippen LogP contribution is 2.38. The van der Waals surface area contributed by atoms with Crippen LogP contribution < -0.4 is 15.2 Å². The molecule has 0 aliphatic carbocycles. The molecule has 24 heavy (non-hydrogen) atoms. The zero-order chi connectivity index (χ0) is 17.4. The van der Waals surface area contributed by atoms with E-state index in [0.29, 0.717) is 17.0 Å². The number of nitrogens with zero attached hydrogens (tertiary/aromatic N) is 2. The summed E-state index contributed by atoms with van der Waals surface area (Å²) in [4.78, 5) is 8.76. The molecule has 2 N–H and O–H groups in total. The van der Waals surface area contributed by atoms with Crippen molar-refractivity contribution in [1.29, 1.82) is 0 Å². The maximum atomic E-state index is 5.91. The number of ether oxygens (including phenoxy) is 2. The molecule has 124 valence electrons. The molecule has 5 nitrogen and oxygen atoms in total. The molecule has 0 amide bonds. The Kier molecular flexibility index (Phi) is 4.64. The van der Waals surface area contributed by atoms with Crippen LogP contribution >= 0.6 is 31.9 Å². The Morgan fingerprint density at radius 1 is 0.917 bits per heavy atom. The molecule has 0 aliphatic rings. The smallest absolute Gasteiger partial charge is 0.221 e. The fourth-order valence-corrected chi connectivity index (χ4v) is 3.66. The predicted octanol–water partition coefficient (Wildman–Crippen LogP) is 4.73. The van der Waals surface area contributed by atoms with Crippen molar-refractivity contribution >= 4 is 48.7 Å². The fraction of sp³-hybridized carbons (Fsp3) is 0.176.